The van der Waals surface area contributed by atoms with Crippen LogP contribution in [0.3, 0.4) is 0 Å². The van der Waals surface area contributed by atoms with Gasteiger partial charge in [-0.05, 0) is 42.0 Å². The van der Waals surface area contributed by atoms with Crippen molar-refractivity contribution in [3.8, 4) is 22.8 Å². The summed E-state index contributed by atoms with van der Waals surface area (Å²) in [5.41, 5.74) is 3.17. The van der Waals surface area contributed by atoms with Gasteiger partial charge in [-0.1, -0.05) is 18.2 Å². The highest BCUT2D eigenvalue weighted by atomic mass is 16.3. The molecule has 0 spiro atoms. The predicted molar refractivity (Wildman–Crippen MR) is 122 cm³/mol. The molecule has 8 heteroatoms. The van der Waals surface area contributed by atoms with Crippen LogP contribution in [0.5, 0.6) is 11.5 Å². The maximum atomic E-state index is 13.4. The molecule has 1 amide bonds. The molecule has 3 N–H and O–H groups in total. The second-order valence-electron chi connectivity index (χ2n) is 7.02. The number of nitrogens with one attached hydrogen (secondary N) is 1. The molecule has 32 heavy (non-hydrogen) atoms. The number of phenols is 2. The molecule has 4 aromatic rings. The number of aromatic nitrogens is 3. The summed E-state index contributed by atoms with van der Waals surface area (Å²) in [5, 5.41) is 22.7. The van der Waals surface area contributed by atoms with Gasteiger partial charge in [0.1, 0.15) is 11.5 Å². The van der Waals surface area contributed by atoms with Gasteiger partial charge in [0, 0.05) is 43.0 Å². The standard InChI is InChI=1S/C24H21N5O3/c1-25-24-27-12-10-21(28-24)17-4-6-18(7-5-17)29(15-16-3-2-11-26-14-16)23(32)20-9-8-19(30)13-22(20)31/h2-14,30-31H,15H2,1H3,(H,25,27,28). The van der Waals surface area contributed by atoms with Crippen molar-refractivity contribution in [3.05, 3.63) is 90.4 Å². The van der Waals surface area contributed by atoms with Crippen molar-refractivity contribution >= 4 is 17.5 Å². The first-order chi connectivity index (χ1) is 15.5. The number of nitrogens with zero attached hydrogens (tertiary/aromatic N) is 4. The third-order valence-electron chi connectivity index (χ3n) is 4.87. The Kier molecular flexibility index (Phi) is 5.94. The summed E-state index contributed by atoms with van der Waals surface area (Å²) in [6.07, 6.45) is 5.02. The Morgan fingerprint density at radius 3 is 2.53 bits per heavy atom. The molecule has 0 aliphatic carbocycles. The minimum absolute atomic E-state index is 0.0882. The molecule has 2 heterocycles. The molecule has 0 unspecified atom stereocenters. The maximum absolute atomic E-state index is 13.4. The van der Waals surface area contributed by atoms with Crippen LogP contribution < -0.4 is 10.2 Å². The van der Waals surface area contributed by atoms with Gasteiger partial charge in [-0.15, -0.1) is 0 Å². The molecule has 4 rings (SSSR count). The molecule has 8 nitrogen and oxygen atoms in total. The van der Waals surface area contributed by atoms with Gasteiger partial charge in [0.15, 0.2) is 0 Å². The van der Waals surface area contributed by atoms with Crippen LogP contribution in [-0.2, 0) is 6.54 Å². The van der Waals surface area contributed by atoms with Gasteiger partial charge >= 0.3 is 0 Å². The lowest BCUT2D eigenvalue weighted by molar-refractivity contribution is 0.0982. The van der Waals surface area contributed by atoms with E-state index in [1.807, 2.05) is 36.4 Å². The number of hydrogen-bond acceptors (Lipinski definition) is 7. The molecule has 0 saturated carbocycles. The van der Waals surface area contributed by atoms with Crippen molar-refractivity contribution in [2.45, 2.75) is 6.54 Å². The summed E-state index contributed by atoms with van der Waals surface area (Å²) in [5.74, 6) is -0.294. The van der Waals surface area contributed by atoms with Crippen molar-refractivity contribution in [3.63, 3.8) is 0 Å². The minimum atomic E-state index is -0.404. The van der Waals surface area contributed by atoms with Crippen molar-refractivity contribution in [2.75, 3.05) is 17.3 Å². The van der Waals surface area contributed by atoms with E-state index >= 15 is 0 Å². The van der Waals surface area contributed by atoms with E-state index in [0.29, 0.717) is 11.6 Å². The Labute approximate surface area is 184 Å². The molecule has 0 bridgehead atoms. The third kappa shape index (κ3) is 4.49. The Bertz CT molecular complexity index is 1230. The van der Waals surface area contributed by atoms with Crippen molar-refractivity contribution in [1.29, 1.82) is 0 Å². The van der Waals surface area contributed by atoms with Crippen molar-refractivity contribution in [1.82, 2.24) is 15.0 Å². The van der Waals surface area contributed by atoms with Gasteiger partial charge in [0.05, 0.1) is 17.8 Å². The van der Waals surface area contributed by atoms with Crippen LogP contribution in [0.1, 0.15) is 15.9 Å². The number of amides is 1. The van der Waals surface area contributed by atoms with Crippen LogP contribution in [0.25, 0.3) is 11.3 Å². The van der Waals surface area contributed by atoms with Gasteiger partial charge in [0.2, 0.25) is 5.95 Å². The van der Waals surface area contributed by atoms with Crippen LogP contribution in [0, 0.1) is 0 Å². The van der Waals surface area contributed by atoms with Crippen LogP contribution in [0.4, 0.5) is 11.6 Å². The van der Waals surface area contributed by atoms with Crippen LogP contribution in [0.15, 0.2) is 79.3 Å². The van der Waals surface area contributed by atoms with Gasteiger partial charge in [-0.2, -0.15) is 0 Å². The predicted octanol–water partition coefficient (Wildman–Crippen LogP) is 3.84. The summed E-state index contributed by atoms with van der Waals surface area (Å²) < 4.78 is 0. The minimum Gasteiger partial charge on any atom is -0.508 e. The average molecular weight is 427 g/mol. The SMILES string of the molecule is CNc1nccc(-c2ccc(N(Cc3cccnc3)C(=O)c3ccc(O)cc3O)cc2)n1. The fourth-order valence-corrected chi connectivity index (χ4v) is 3.25. The van der Waals surface area contributed by atoms with E-state index in [0.717, 1.165) is 22.9 Å². The zero-order valence-electron chi connectivity index (χ0n) is 17.3. The lowest BCUT2D eigenvalue weighted by Crippen LogP contribution is -2.30. The van der Waals surface area contributed by atoms with Crippen molar-refractivity contribution in [2.24, 2.45) is 0 Å². The number of phenolic OH excluding ortho intramolecular Hbond substituents is 2. The Morgan fingerprint density at radius 1 is 1.03 bits per heavy atom. The van der Waals surface area contributed by atoms with Crippen LogP contribution >= 0.6 is 0 Å². The van der Waals surface area contributed by atoms with E-state index in [2.05, 4.69) is 20.3 Å². The van der Waals surface area contributed by atoms with Gasteiger partial charge in [0.25, 0.3) is 5.91 Å². The van der Waals surface area contributed by atoms with E-state index in [-0.39, 0.29) is 23.6 Å². The van der Waals surface area contributed by atoms with E-state index in [1.165, 1.54) is 12.1 Å². The van der Waals surface area contributed by atoms with E-state index < -0.39 is 5.91 Å². The Balaban J connectivity index is 1.70. The number of aromatic hydroxyl groups is 2. The quantitative estimate of drug-likeness (QED) is 0.429. The highest BCUT2D eigenvalue weighted by Gasteiger charge is 2.21. The molecule has 0 fully saturated rings. The third-order valence-corrected chi connectivity index (χ3v) is 4.87. The zero-order valence-corrected chi connectivity index (χ0v) is 17.3. The van der Waals surface area contributed by atoms with Gasteiger partial charge < -0.3 is 20.4 Å². The summed E-state index contributed by atoms with van der Waals surface area (Å²) in [6.45, 7) is 0.254. The van der Waals surface area contributed by atoms with E-state index in [4.69, 9.17) is 0 Å². The first-order valence-corrected chi connectivity index (χ1v) is 9.89. The molecule has 0 radical (unpaired) electrons. The molecule has 2 aromatic carbocycles. The lowest BCUT2D eigenvalue weighted by atomic mass is 10.1. The molecular formula is C24H21N5O3. The number of carbonyl (C=O) groups excluding carboxylic acids is 1. The first-order valence-electron chi connectivity index (χ1n) is 9.89. The number of benzene rings is 2. The number of carbonyl (C=O) groups is 1. The molecule has 0 aliphatic heterocycles. The van der Waals surface area contributed by atoms with Crippen LogP contribution in [0.2, 0.25) is 0 Å². The number of hydrogen-bond donors (Lipinski definition) is 3. The lowest BCUT2D eigenvalue weighted by Gasteiger charge is -2.24. The van der Waals surface area contributed by atoms with Gasteiger partial charge in [-0.25, -0.2) is 9.97 Å². The second-order valence-corrected chi connectivity index (χ2v) is 7.02. The van der Waals surface area contributed by atoms with Gasteiger partial charge in [-0.3, -0.25) is 9.78 Å². The largest absolute Gasteiger partial charge is 0.508 e. The number of rotatable bonds is 6. The molecule has 160 valence electrons. The first kappa shape index (κ1) is 20.8. The Morgan fingerprint density at radius 2 is 1.84 bits per heavy atom. The fourth-order valence-electron chi connectivity index (χ4n) is 3.25. The number of anilines is 2. The normalized spacial score (nSPS) is 10.5. The highest BCUT2D eigenvalue weighted by Crippen LogP contribution is 2.29. The summed E-state index contributed by atoms with van der Waals surface area (Å²) in [6, 6.07) is 16.8. The highest BCUT2D eigenvalue weighted by molar-refractivity contribution is 6.08. The van der Waals surface area contributed by atoms with E-state index in [9.17, 15) is 15.0 Å². The fraction of sp³-hybridized carbons (Fsp3) is 0.0833. The summed E-state index contributed by atoms with van der Waals surface area (Å²) >= 11 is 0. The molecular weight excluding hydrogens is 406 g/mol. The average Bonchev–Trinajstić information content (AvgIpc) is 2.83. The number of pyridine rings is 1. The maximum Gasteiger partial charge on any atom is 0.262 e. The smallest absolute Gasteiger partial charge is 0.262 e. The summed E-state index contributed by atoms with van der Waals surface area (Å²) in [4.78, 5) is 27.6. The molecule has 0 saturated heterocycles. The monoisotopic (exact) mass is 427 g/mol. The van der Waals surface area contributed by atoms with Crippen molar-refractivity contribution < 1.29 is 15.0 Å². The van der Waals surface area contributed by atoms with Crippen LogP contribution in [-0.4, -0.2) is 38.1 Å². The molecule has 0 aliphatic rings. The molecule has 2 aromatic heterocycles. The Hall–Kier alpha value is -4.46. The zero-order chi connectivity index (χ0) is 22.5. The summed E-state index contributed by atoms with van der Waals surface area (Å²) in [7, 11) is 1.75. The molecule has 0 atom stereocenters. The topological polar surface area (TPSA) is 111 Å². The second kappa shape index (κ2) is 9.13. The van der Waals surface area contributed by atoms with E-state index in [1.54, 1.807) is 36.6 Å².